The van der Waals surface area contributed by atoms with Crippen molar-refractivity contribution in [3.63, 3.8) is 0 Å². The standard InChI is InChI=1S/C15H24N6/c1-12(2)20-9-3-13(17-20)11-19-7-4-14(5-8-19)21-10-6-15(16)18-21/h3,6,9-10,12,14H,4-5,7-8,11H2,1-2H3,(H2,16,18). The van der Waals surface area contributed by atoms with Gasteiger partial charge in [-0.3, -0.25) is 14.3 Å². The normalized spacial score (nSPS) is 17.7. The Morgan fingerprint density at radius 3 is 2.52 bits per heavy atom. The van der Waals surface area contributed by atoms with E-state index in [0.717, 1.165) is 38.2 Å². The zero-order chi connectivity index (χ0) is 14.8. The number of nitrogens with zero attached hydrogens (tertiary/aromatic N) is 5. The third kappa shape index (κ3) is 3.26. The van der Waals surface area contributed by atoms with Gasteiger partial charge in [-0.2, -0.15) is 10.2 Å². The third-order valence-corrected chi connectivity index (χ3v) is 4.14. The van der Waals surface area contributed by atoms with Crippen LogP contribution in [0.2, 0.25) is 0 Å². The minimum absolute atomic E-state index is 0.426. The Morgan fingerprint density at radius 1 is 1.19 bits per heavy atom. The molecule has 0 saturated carbocycles. The van der Waals surface area contributed by atoms with Gasteiger partial charge in [-0.15, -0.1) is 0 Å². The average molecular weight is 288 g/mol. The molecule has 114 valence electrons. The SMILES string of the molecule is CC(C)n1ccc(CN2CCC(n3ccc(N)n3)CC2)n1. The predicted molar refractivity (Wildman–Crippen MR) is 82.8 cm³/mol. The van der Waals surface area contributed by atoms with Crippen LogP contribution in [0, 0.1) is 0 Å². The molecule has 1 saturated heterocycles. The zero-order valence-electron chi connectivity index (χ0n) is 12.8. The zero-order valence-corrected chi connectivity index (χ0v) is 12.8. The molecule has 0 atom stereocenters. The fraction of sp³-hybridized carbons (Fsp3) is 0.600. The van der Waals surface area contributed by atoms with Gasteiger partial charge >= 0.3 is 0 Å². The van der Waals surface area contributed by atoms with E-state index in [-0.39, 0.29) is 0 Å². The molecule has 2 aromatic rings. The second-order valence-electron chi connectivity index (χ2n) is 6.11. The predicted octanol–water partition coefficient (Wildman–Crippen LogP) is 2.08. The summed E-state index contributed by atoms with van der Waals surface area (Å²) in [6.45, 7) is 7.40. The van der Waals surface area contributed by atoms with Crippen LogP contribution in [0.3, 0.4) is 0 Å². The number of rotatable bonds is 4. The van der Waals surface area contributed by atoms with Crippen LogP contribution in [0.1, 0.15) is 44.5 Å². The van der Waals surface area contributed by atoms with Gasteiger partial charge < -0.3 is 5.73 Å². The largest absolute Gasteiger partial charge is 0.382 e. The van der Waals surface area contributed by atoms with Crippen molar-refractivity contribution in [2.75, 3.05) is 18.8 Å². The lowest BCUT2D eigenvalue weighted by Gasteiger charge is -2.31. The van der Waals surface area contributed by atoms with E-state index in [0.29, 0.717) is 17.9 Å². The molecule has 2 N–H and O–H groups in total. The quantitative estimate of drug-likeness (QED) is 0.935. The molecular formula is C15H24N6. The van der Waals surface area contributed by atoms with Crippen LogP contribution in [-0.4, -0.2) is 37.6 Å². The number of hydrogen-bond donors (Lipinski definition) is 1. The maximum atomic E-state index is 5.69. The molecule has 0 amide bonds. The number of likely N-dealkylation sites (tertiary alicyclic amines) is 1. The van der Waals surface area contributed by atoms with E-state index >= 15 is 0 Å². The van der Waals surface area contributed by atoms with Crippen molar-refractivity contribution in [1.82, 2.24) is 24.5 Å². The van der Waals surface area contributed by atoms with Gasteiger partial charge in [0.15, 0.2) is 0 Å². The third-order valence-electron chi connectivity index (χ3n) is 4.14. The molecule has 0 radical (unpaired) electrons. The van der Waals surface area contributed by atoms with Gasteiger partial charge in [0, 0.05) is 38.1 Å². The average Bonchev–Trinajstić information content (AvgIpc) is 3.09. The molecule has 2 aromatic heterocycles. The van der Waals surface area contributed by atoms with Crippen LogP contribution < -0.4 is 5.73 Å². The topological polar surface area (TPSA) is 64.9 Å². The van der Waals surface area contributed by atoms with E-state index in [4.69, 9.17) is 5.73 Å². The first-order valence-electron chi connectivity index (χ1n) is 7.69. The number of anilines is 1. The molecule has 0 aromatic carbocycles. The van der Waals surface area contributed by atoms with Gasteiger partial charge in [0.1, 0.15) is 5.82 Å². The molecule has 0 bridgehead atoms. The highest BCUT2D eigenvalue weighted by Crippen LogP contribution is 2.23. The second kappa shape index (κ2) is 5.89. The van der Waals surface area contributed by atoms with Crippen molar-refractivity contribution < 1.29 is 0 Å². The monoisotopic (exact) mass is 288 g/mol. The van der Waals surface area contributed by atoms with Crippen LogP contribution in [0.15, 0.2) is 24.5 Å². The van der Waals surface area contributed by atoms with E-state index in [9.17, 15) is 0 Å². The summed E-state index contributed by atoms with van der Waals surface area (Å²) in [7, 11) is 0. The van der Waals surface area contributed by atoms with Crippen LogP contribution >= 0.6 is 0 Å². The lowest BCUT2D eigenvalue weighted by molar-refractivity contribution is 0.171. The van der Waals surface area contributed by atoms with Crippen molar-refractivity contribution >= 4 is 5.82 Å². The molecule has 6 heteroatoms. The molecule has 3 heterocycles. The Kier molecular flexibility index (Phi) is 3.96. The van der Waals surface area contributed by atoms with E-state index in [1.165, 1.54) is 0 Å². The molecule has 6 nitrogen and oxygen atoms in total. The summed E-state index contributed by atoms with van der Waals surface area (Å²) in [5, 5.41) is 8.95. The van der Waals surface area contributed by atoms with Crippen LogP contribution in [-0.2, 0) is 6.54 Å². The van der Waals surface area contributed by atoms with E-state index in [1.54, 1.807) is 0 Å². The molecule has 21 heavy (non-hydrogen) atoms. The number of piperidine rings is 1. The molecule has 0 spiro atoms. The molecule has 3 rings (SSSR count). The molecule has 0 aliphatic carbocycles. The number of aromatic nitrogens is 4. The number of hydrogen-bond acceptors (Lipinski definition) is 4. The Bertz CT molecular complexity index is 577. The van der Waals surface area contributed by atoms with Gasteiger partial charge in [-0.25, -0.2) is 0 Å². The van der Waals surface area contributed by atoms with Crippen molar-refractivity contribution in [2.24, 2.45) is 0 Å². The van der Waals surface area contributed by atoms with E-state index in [2.05, 4.69) is 41.2 Å². The molecule has 0 unspecified atom stereocenters. The fourth-order valence-corrected chi connectivity index (χ4v) is 2.88. The lowest BCUT2D eigenvalue weighted by atomic mass is 10.1. The van der Waals surface area contributed by atoms with Gasteiger partial charge in [0.2, 0.25) is 0 Å². The Balaban J connectivity index is 1.53. The molecular weight excluding hydrogens is 264 g/mol. The van der Waals surface area contributed by atoms with Crippen molar-refractivity contribution in [2.45, 2.75) is 45.3 Å². The highest BCUT2D eigenvalue weighted by molar-refractivity contribution is 5.24. The Morgan fingerprint density at radius 2 is 1.95 bits per heavy atom. The van der Waals surface area contributed by atoms with Crippen LogP contribution in [0.5, 0.6) is 0 Å². The summed E-state index contributed by atoms with van der Waals surface area (Å²) in [5.74, 6) is 0.608. The smallest absolute Gasteiger partial charge is 0.145 e. The highest BCUT2D eigenvalue weighted by Gasteiger charge is 2.21. The summed E-state index contributed by atoms with van der Waals surface area (Å²) in [6, 6.07) is 4.90. The summed E-state index contributed by atoms with van der Waals surface area (Å²) in [6.07, 6.45) is 6.29. The van der Waals surface area contributed by atoms with Crippen LogP contribution in [0.4, 0.5) is 5.82 Å². The summed E-state index contributed by atoms with van der Waals surface area (Å²) in [4.78, 5) is 2.47. The van der Waals surface area contributed by atoms with E-state index < -0.39 is 0 Å². The van der Waals surface area contributed by atoms with Gasteiger partial charge in [-0.1, -0.05) is 0 Å². The first-order chi connectivity index (χ1) is 10.1. The number of nitrogens with two attached hydrogens (primary N) is 1. The molecule has 1 fully saturated rings. The minimum Gasteiger partial charge on any atom is -0.382 e. The second-order valence-corrected chi connectivity index (χ2v) is 6.11. The Labute approximate surface area is 125 Å². The summed E-state index contributed by atoms with van der Waals surface area (Å²) < 4.78 is 4.04. The number of nitrogen functional groups attached to an aromatic ring is 1. The first kappa shape index (κ1) is 14.1. The fourth-order valence-electron chi connectivity index (χ4n) is 2.88. The Hall–Kier alpha value is -1.82. The van der Waals surface area contributed by atoms with Gasteiger partial charge in [0.25, 0.3) is 0 Å². The first-order valence-corrected chi connectivity index (χ1v) is 7.69. The summed E-state index contributed by atoms with van der Waals surface area (Å²) in [5.41, 5.74) is 6.85. The molecule has 1 aliphatic heterocycles. The van der Waals surface area contributed by atoms with Gasteiger partial charge in [0.05, 0.1) is 11.7 Å². The maximum absolute atomic E-state index is 5.69. The van der Waals surface area contributed by atoms with Crippen molar-refractivity contribution in [3.8, 4) is 0 Å². The van der Waals surface area contributed by atoms with E-state index in [1.807, 2.05) is 21.6 Å². The lowest BCUT2D eigenvalue weighted by Crippen LogP contribution is -2.34. The molecule has 1 aliphatic rings. The summed E-state index contributed by atoms with van der Waals surface area (Å²) >= 11 is 0. The maximum Gasteiger partial charge on any atom is 0.145 e. The van der Waals surface area contributed by atoms with Crippen molar-refractivity contribution in [3.05, 3.63) is 30.2 Å². The minimum atomic E-state index is 0.426. The van der Waals surface area contributed by atoms with Gasteiger partial charge in [-0.05, 0) is 38.8 Å². The van der Waals surface area contributed by atoms with Crippen molar-refractivity contribution in [1.29, 1.82) is 0 Å². The highest BCUT2D eigenvalue weighted by atomic mass is 15.3. The van der Waals surface area contributed by atoms with Crippen LogP contribution in [0.25, 0.3) is 0 Å².